The molecule has 158 valence electrons. The molecule has 8 nitrogen and oxygen atoms in total. The molecule has 0 unspecified atom stereocenters. The number of rotatable bonds is 4. The predicted octanol–water partition coefficient (Wildman–Crippen LogP) is 2.84. The SMILES string of the molecule is Cc1cc(C)c(NC(=O)Cn2nc3c(N4CCCCCC4)nccn3c2=O)c(C)c1. The smallest absolute Gasteiger partial charge is 0.350 e. The van der Waals surface area contributed by atoms with Crippen LogP contribution in [-0.2, 0) is 11.3 Å². The number of carbonyl (C=O) groups is 1. The molecule has 2 aromatic heterocycles. The highest BCUT2D eigenvalue weighted by atomic mass is 16.2. The molecule has 0 radical (unpaired) electrons. The van der Waals surface area contributed by atoms with Crippen molar-refractivity contribution in [3.05, 3.63) is 51.7 Å². The Labute approximate surface area is 175 Å². The number of nitrogens with zero attached hydrogens (tertiary/aromatic N) is 5. The van der Waals surface area contributed by atoms with Crippen molar-refractivity contribution < 1.29 is 4.79 Å². The molecule has 1 amide bonds. The second-order valence-electron chi connectivity index (χ2n) is 8.11. The van der Waals surface area contributed by atoms with E-state index in [1.165, 1.54) is 21.9 Å². The minimum atomic E-state index is -0.337. The summed E-state index contributed by atoms with van der Waals surface area (Å²) in [6, 6.07) is 4.05. The summed E-state index contributed by atoms with van der Waals surface area (Å²) in [6.45, 7) is 7.61. The van der Waals surface area contributed by atoms with E-state index in [2.05, 4.69) is 20.3 Å². The molecule has 1 fully saturated rings. The number of fused-ring (bicyclic) bond motifs is 1. The fourth-order valence-electron chi connectivity index (χ4n) is 4.24. The molecule has 0 aliphatic carbocycles. The van der Waals surface area contributed by atoms with Gasteiger partial charge in [-0.2, -0.15) is 0 Å². The maximum atomic E-state index is 12.8. The van der Waals surface area contributed by atoms with E-state index >= 15 is 0 Å². The molecule has 0 bridgehead atoms. The summed E-state index contributed by atoms with van der Waals surface area (Å²) < 4.78 is 2.69. The van der Waals surface area contributed by atoms with Crippen LogP contribution < -0.4 is 15.9 Å². The predicted molar refractivity (Wildman–Crippen MR) is 117 cm³/mol. The topological polar surface area (TPSA) is 84.5 Å². The zero-order valence-electron chi connectivity index (χ0n) is 17.8. The summed E-state index contributed by atoms with van der Waals surface area (Å²) in [4.78, 5) is 32.2. The minimum Gasteiger partial charge on any atom is -0.353 e. The van der Waals surface area contributed by atoms with E-state index in [0.717, 1.165) is 48.3 Å². The quantitative estimate of drug-likeness (QED) is 0.718. The van der Waals surface area contributed by atoms with Crippen LogP contribution in [0, 0.1) is 20.8 Å². The second kappa shape index (κ2) is 8.30. The Morgan fingerprint density at radius 1 is 1.07 bits per heavy atom. The fourth-order valence-corrected chi connectivity index (χ4v) is 4.24. The van der Waals surface area contributed by atoms with Crippen LogP contribution in [-0.4, -0.2) is 38.2 Å². The lowest BCUT2D eigenvalue weighted by Gasteiger charge is -2.21. The van der Waals surface area contributed by atoms with Gasteiger partial charge in [0.05, 0.1) is 0 Å². The number of hydrogen-bond acceptors (Lipinski definition) is 5. The summed E-state index contributed by atoms with van der Waals surface area (Å²) in [5.74, 6) is 0.431. The highest BCUT2D eigenvalue weighted by molar-refractivity contribution is 5.92. The van der Waals surface area contributed by atoms with Crippen molar-refractivity contribution in [2.75, 3.05) is 23.3 Å². The molecule has 1 aromatic carbocycles. The van der Waals surface area contributed by atoms with Gasteiger partial charge in [0.2, 0.25) is 11.6 Å². The van der Waals surface area contributed by atoms with Gasteiger partial charge in [-0.25, -0.2) is 18.9 Å². The van der Waals surface area contributed by atoms with Gasteiger partial charge in [-0.05, 0) is 44.7 Å². The Hall–Kier alpha value is -3.16. The van der Waals surface area contributed by atoms with E-state index in [4.69, 9.17) is 0 Å². The van der Waals surface area contributed by atoms with E-state index in [9.17, 15) is 9.59 Å². The Morgan fingerprint density at radius 2 is 1.73 bits per heavy atom. The van der Waals surface area contributed by atoms with Crippen molar-refractivity contribution in [2.24, 2.45) is 0 Å². The molecule has 30 heavy (non-hydrogen) atoms. The maximum Gasteiger partial charge on any atom is 0.350 e. The second-order valence-corrected chi connectivity index (χ2v) is 8.11. The van der Waals surface area contributed by atoms with Crippen molar-refractivity contribution >= 4 is 23.1 Å². The number of benzene rings is 1. The minimum absolute atomic E-state index is 0.146. The third-order valence-electron chi connectivity index (χ3n) is 5.62. The van der Waals surface area contributed by atoms with Crippen molar-refractivity contribution in [1.29, 1.82) is 0 Å². The van der Waals surface area contributed by atoms with Crippen molar-refractivity contribution in [2.45, 2.75) is 53.0 Å². The maximum absolute atomic E-state index is 12.8. The number of aromatic nitrogens is 4. The molecule has 8 heteroatoms. The first kappa shape index (κ1) is 20.1. The summed E-state index contributed by atoms with van der Waals surface area (Å²) in [6.07, 6.45) is 7.85. The molecule has 0 saturated carbocycles. The van der Waals surface area contributed by atoms with Gasteiger partial charge in [0.15, 0.2) is 5.82 Å². The molecule has 1 N–H and O–H groups in total. The summed E-state index contributed by atoms with van der Waals surface area (Å²) in [7, 11) is 0. The van der Waals surface area contributed by atoms with Gasteiger partial charge in [-0.3, -0.25) is 4.79 Å². The average Bonchev–Trinajstić information content (AvgIpc) is 2.87. The van der Waals surface area contributed by atoms with Gasteiger partial charge in [0.1, 0.15) is 6.54 Å². The average molecular weight is 409 g/mol. The largest absolute Gasteiger partial charge is 0.353 e. The van der Waals surface area contributed by atoms with Crippen molar-refractivity contribution in [1.82, 2.24) is 19.2 Å². The number of aryl methyl sites for hydroxylation is 3. The van der Waals surface area contributed by atoms with Gasteiger partial charge in [-0.1, -0.05) is 30.5 Å². The Morgan fingerprint density at radius 3 is 2.40 bits per heavy atom. The van der Waals surface area contributed by atoms with E-state index in [-0.39, 0.29) is 18.1 Å². The monoisotopic (exact) mass is 408 g/mol. The van der Waals surface area contributed by atoms with Crippen LogP contribution >= 0.6 is 0 Å². The standard InChI is InChI=1S/C22H28N6O2/c1-15-12-16(2)19(17(3)13-15)24-18(29)14-28-22(30)27-11-8-23-20(21(27)25-28)26-9-6-4-5-7-10-26/h8,11-13H,4-7,9-10,14H2,1-3H3,(H,24,29). The lowest BCUT2D eigenvalue weighted by atomic mass is 10.1. The van der Waals surface area contributed by atoms with Crippen LogP contribution in [0.2, 0.25) is 0 Å². The van der Waals surface area contributed by atoms with Gasteiger partial charge in [0, 0.05) is 31.2 Å². The number of anilines is 2. The fraction of sp³-hybridized carbons (Fsp3) is 0.455. The molecule has 1 saturated heterocycles. The number of amides is 1. The number of carbonyl (C=O) groups excluding carboxylic acids is 1. The molecule has 3 aromatic rings. The first-order valence-corrected chi connectivity index (χ1v) is 10.5. The van der Waals surface area contributed by atoms with Crippen LogP contribution in [0.1, 0.15) is 42.4 Å². The van der Waals surface area contributed by atoms with E-state index in [1.54, 1.807) is 12.4 Å². The molecule has 1 aliphatic heterocycles. The van der Waals surface area contributed by atoms with Crippen molar-refractivity contribution in [3.63, 3.8) is 0 Å². The molecule has 1 aliphatic rings. The zero-order chi connectivity index (χ0) is 21.3. The van der Waals surface area contributed by atoms with Gasteiger partial charge in [-0.15, -0.1) is 5.10 Å². The molecule has 4 rings (SSSR count). The van der Waals surface area contributed by atoms with Crippen LogP contribution in [0.3, 0.4) is 0 Å². The molecule has 0 atom stereocenters. The first-order valence-electron chi connectivity index (χ1n) is 10.5. The molecule has 0 spiro atoms. The van der Waals surface area contributed by atoms with Crippen LogP contribution in [0.15, 0.2) is 29.3 Å². The molecule has 3 heterocycles. The molecular formula is C22H28N6O2. The Kier molecular flexibility index (Phi) is 5.57. The number of hydrogen-bond donors (Lipinski definition) is 1. The normalized spacial score (nSPS) is 14.7. The lowest BCUT2D eigenvalue weighted by Crippen LogP contribution is -2.28. The zero-order valence-corrected chi connectivity index (χ0v) is 17.8. The summed E-state index contributed by atoms with van der Waals surface area (Å²) >= 11 is 0. The van der Waals surface area contributed by atoms with E-state index in [1.807, 2.05) is 32.9 Å². The van der Waals surface area contributed by atoms with Crippen molar-refractivity contribution in [3.8, 4) is 0 Å². The summed E-state index contributed by atoms with van der Waals surface area (Å²) in [5.41, 5.74) is 4.09. The Bertz CT molecular complexity index is 1120. The first-order chi connectivity index (χ1) is 14.4. The third kappa shape index (κ3) is 3.94. The van der Waals surface area contributed by atoms with Gasteiger partial charge in [0.25, 0.3) is 0 Å². The Balaban J connectivity index is 1.60. The number of nitrogens with one attached hydrogen (secondary N) is 1. The summed E-state index contributed by atoms with van der Waals surface area (Å²) in [5, 5.41) is 7.40. The highest BCUT2D eigenvalue weighted by Gasteiger charge is 2.19. The van der Waals surface area contributed by atoms with Crippen LogP contribution in [0.5, 0.6) is 0 Å². The highest BCUT2D eigenvalue weighted by Crippen LogP contribution is 2.22. The third-order valence-corrected chi connectivity index (χ3v) is 5.62. The lowest BCUT2D eigenvalue weighted by molar-refractivity contribution is -0.117. The van der Waals surface area contributed by atoms with Gasteiger partial charge < -0.3 is 10.2 Å². The van der Waals surface area contributed by atoms with Gasteiger partial charge >= 0.3 is 5.69 Å². The van der Waals surface area contributed by atoms with Crippen LogP contribution in [0.25, 0.3) is 5.65 Å². The van der Waals surface area contributed by atoms with E-state index in [0.29, 0.717) is 11.5 Å². The van der Waals surface area contributed by atoms with E-state index < -0.39 is 0 Å². The molecular weight excluding hydrogens is 380 g/mol. The van der Waals surface area contributed by atoms with Crippen LogP contribution in [0.4, 0.5) is 11.5 Å².